The predicted octanol–water partition coefficient (Wildman–Crippen LogP) is 4.18. The van der Waals surface area contributed by atoms with Crippen LogP contribution in [0.2, 0.25) is 5.02 Å². The molecule has 3 aromatic rings. The first-order valence-electron chi connectivity index (χ1n) is 6.30. The lowest BCUT2D eigenvalue weighted by molar-refractivity contribution is 0.452. The maximum Gasteiger partial charge on any atom is 0.238 e. The normalized spacial score (nSPS) is 11.2. The highest BCUT2D eigenvalue weighted by atomic mass is 35.5. The Morgan fingerprint density at radius 3 is 2.67 bits per heavy atom. The molecule has 0 fully saturated rings. The Hall–Kier alpha value is -1.44. The zero-order valence-electron chi connectivity index (χ0n) is 11.4. The molecule has 0 amide bonds. The number of hydrogen-bond donors (Lipinski definition) is 0. The van der Waals surface area contributed by atoms with Crippen LogP contribution in [0.3, 0.4) is 0 Å². The predicted molar refractivity (Wildman–Crippen MR) is 84.9 cm³/mol. The van der Waals surface area contributed by atoms with E-state index in [4.69, 9.17) is 11.6 Å². The number of benzene rings is 1. The molecule has 0 radical (unpaired) electrons. The summed E-state index contributed by atoms with van der Waals surface area (Å²) in [6.45, 7) is 4.02. The van der Waals surface area contributed by atoms with E-state index in [0.29, 0.717) is 5.16 Å². The standard InChI is InChI=1S/C13H12ClN5S2/c1-8(2)19-17-12(16-18-19)21-13-15-11(7-20-13)9-3-5-10(14)6-4-9/h3-8H,1-2H3. The summed E-state index contributed by atoms with van der Waals surface area (Å²) >= 11 is 8.87. The van der Waals surface area contributed by atoms with Gasteiger partial charge in [0.05, 0.1) is 11.7 Å². The third-order valence-corrected chi connectivity index (χ3v) is 4.71. The van der Waals surface area contributed by atoms with Gasteiger partial charge < -0.3 is 0 Å². The lowest BCUT2D eigenvalue weighted by Crippen LogP contribution is -2.04. The van der Waals surface area contributed by atoms with Gasteiger partial charge in [-0.2, -0.15) is 4.80 Å². The SMILES string of the molecule is CC(C)n1nnc(Sc2nc(-c3ccc(Cl)cc3)cs2)n1. The van der Waals surface area contributed by atoms with Crippen LogP contribution in [0.25, 0.3) is 11.3 Å². The molecular weight excluding hydrogens is 326 g/mol. The Bertz CT molecular complexity index is 735. The molecule has 2 heterocycles. The van der Waals surface area contributed by atoms with E-state index >= 15 is 0 Å². The molecule has 0 N–H and O–H groups in total. The Kier molecular flexibility index (Phi) is 4.23. The minimum absolute atomic E-state index is 0.202. The van der Waals surface area contributed by atoms with E-state index in [9.17, 15) is 0 Å². The third-order valence-electron chi connectivity index (χ3n) is 2.67. The first-order valence-corrected chi connectivity index (χ1v) is 8.38. The van der Waals surface area contributed by atoms with Gasteiger partial charge in [0.25, 0.3) is 0 Å². The molecule has 108 valence electrons. The van der Waals surface area contributed by atoms with Crippen LogP contribution < -0.4 is 0 Å². The van der Waals surface area contributed by atoms with Crippen molar-refractivity contribution in [2.75, 3.05) is 0 Å². The van der Waals surface area contributed by atoms with Crippen molar-refractivity contribution in [1.82, 2.24) is 25.2 Å². The first kappa shape index (κ1) is 14.5. The van der Waals surface area contributed by atoms with Gasteiger partial charge in [0, 0.05) is 16.0 Å². The fraction of sp³-hybridized carbons (Fsp3) is 0.231. The van der Waals surface area contributed by atoms with Crippen molar-refractivity contribution in [2.45, 2.75) is 29.4 Å². The van der Waals surface area contributed by atoms with Crippen molar-refractivity contribution in [3.63, 3.8) is 0 Å². The molecule has 0 bridgehead atoms. The fourth-order valence-electron chi connectivity index (χ4n) is 1.61. The monoisotopic (exact) mass is 337 g/mol. The van der Waals surface area contributed by atoms with Gasteiger partial charge >= 0.3 is 0 Å². The maximum absolute atomic E-state index is 5.89. The zero-order chi connectivity index (χ0) is 14.8. The molecule has 0 spiro atoms. The average Bonchev–Trinajstić information content (AvgIpc) is 3.10. The summed E-state index contributed by atoms with van der Waals surface area (Å²) in [4.78, 5) is 6.17. The number of nitrogens with zero attached hydrogens (tertiary/aromatic N) is 5. The van der Waals surface area contributed by atoms with Crippen molar-refractivity contribution in [3.05, 3.63) is 34.7 Å². The minimum atomic E-state index is 0.202. The summed E-state index contributed by atoms with van der Waals surface area (Å²) < 4.78 is 0.892. The van der Waals surface area contributed by atoms with Crippen LogP contribution >= 0.6 is 34.7 Å². The zero-order valence-corrected chi connectivity index (χ0v) is 13.8. The van der Waals surface area contributed by atoms with Gasteiger partial charge in [0.15, 0.2) is 4.34 Å². The second-order valence-corrected chi connectivity index (χ2v) is 7.10. The van der Waals surface area contributed by atoms with Gasteiger partial charge in [-0.15, -0.1) is 21.5 Å². The number of thiazole rings is 1. The smallest absolute Gasteiger partial charge is 0.229 e. The highest BCUT2D eigenvalue weighted by molar-refractivity contribution is 8.00. The molecule has 0 saturated carbocycles. The molecular formula is C13H12ClN5S2. The molecule has 0 aliphatic heterocycles. The molecule has 2 aromatic heterocycles. The van der Waals surface area contributed by atoms with E-state index in [2.05, 4.69) is 20.4 Å². The maximum atomic E-state index is 5.89. The van der Waals surface area contributed by atoms with Gasteiger partial charge in [-0.3, -0.25) is 0 Å². The molecule has 0 aliphatic carbocycles. The molecule has 3 rings (SSSR count). The second kappa shape index (κ2) is 6.13. The van der Waals surface area contributed by atoms with Crippen LogP contribution in [0.4, 0.5) is 0 Å². The van der Waals surface area contributed by atoms with Crippen LogP contribution in [0.15, 0.2) is 39.1 Å². The largest absolute Gasteiger partial charge is 0.238 e. The van der Waals surface area contributed by atoms with Crippen molar-refractivity contribution in [3.8, 4) is 11.3 Å². The molecule has 0 aliphatic rings. The number of halogens is 1. The minimum Gasteiger partial charge on any atom is -0.229 e. The highest BCUT2D eigenvalue weighted by Crippen LogP contribution is 2.31. The van der Waals surface area contributed by atoms with Gasteiger partial charge in [0.2, 0.25) is 5.16 Å². The Morgan fingerprint density at radius 1 is 1.24 bits per heavy atom. The van der Waals surface area contributed by atoms with E-state index in [1.807, 2.05) is 43.5 Å². The number of aromatic nitrogens is 5. The van der Waals surface area contributed by atoms with Crippen LogP contribution in [0, 0.1) is 0 Å². The Balaban J connectivity index is 1.76. The average molecular weight is 338 g/mol. The van der Waals surface area contributed by atoms with Crippen LogP contribution in [0.5, 0.6) is 0 Å². The van der Waals surface area contributed by atoms with Crippen molar-refractivity contribution in [1.29, 1.82) is 0 Å². The number of hydrogen-bond acceptors (Lipinski definition) is 6. The van der Waals surface area contributed by atoms with Gasteiger partial charge in [-0.05, 0) is 43.0 Å². The molecule has 0 saturated heterocycles. The molecule has 0 unspecified atom stereocenters. The van der Waals surface area contributed by atoms with E-state index < -0.39 is 0 Å². The van der Waals surface area contributed by atoms with E-state index in [0.717, 1.165) is 20.6 Å². The summed E-state index contributed by atoms with van der Waals surface area (Å²) in [7, 11) is 0. The van der Waals surface area contributed by atoms with Gasteiger partial charge in [-0.1, -0.05) is 23.7 Å². The Labute approximate surface area is 135 Å². The first-order chi connectivity index (χ1) is 10.1. The lowest BCUT2D eigenvalue weighted by Gasteiger charge is -1.98. The molecule has 8 heteroatoms. The number of rotatable bonds is 4. The highest BCUT2D eigenvalue weighted by Gasteiger charge is 2.11. The number of tetrazole rings is 1. The van der Waals surface area contributed by atoms with Crippen LogP contribution in [-0.2, 0) is 0 Å². The topological polar surface area (TPSA) is 56.5 Å². The van der Waals surface area contributed by atoms with Gasteiger partial charge in [0.1, 0.15) is 0 Å². The van der Waals surface area contributed by atoms with Gasteiger partial charge in [-0.25, -0.2) is 4.98 Å². The summed E-state index contributed by atoms with van der Waals surface area (Å²) in [5.41, 5.74) is 1.97. The van der Waals surface area contributed by atoms with Crippen molar-refractivity contribution < 1.29 is 0 Å². The van der Waals surface area contributed by atoms with Crippen molar-refractivity contribution >= 4 is 34.7 Å². The molecule has 5 nitrogen and oxygen atoms in total. The summed E-state index contributed by atoms with van der Waals surface area (Å²) in [6, 6.07) is 7.84. The molecule has 0 atom stereocenters. The Morgan fingerprint density at radius 2 is 2.00 bits per heavy atom. The van der Waals surface area contributed by atoms with E-state index in [1.165, 1.54) is 11.8 Å². The summed E-state index contributed by atoms with van der Waals surface area (Å²) in [6.07, 6.45) is 0. The summed E-state index contributed by atoms with van der Waals surface area (Å²) in [5.74, 6) is 0. The molecule has 1 aromatic carbocycles. The second-order valence-electron chi connectivity index (χ2n) is 4.59. The van der Waals surface area contributed by atoms with Crippen LogP contribution in [-0.4, -0.2) is 25.2 Å². The summed E-state index contributed by atoms with van der Waals surface area (Å²) in [5, 5.41) is 15.7. The lowest BCUT2D eigenvalue weighted by atomic mass is 10.2. The van der Waals surface area contributed by atoms with E-state index in [-0.39, 0.29) is 6.04 Å². The van der Waals surface area contributed by atoms with E-state index in [1.54, 1.807) is 16.1 Å². The van der Waals surface area contributed by atoms with Crippen LogP contribution in [0.1, 0.15) is 19.9 Å². The fourth-order valence-corrected chi connectivity index (χ4v) is 3.35. The quantitative estimate of drug-likeness (QED) is 0.714. The third kappa shape index (κ3) is 3.42. The molecule has 21 heavy (non-hydrogen) atoms. The van der Waals surface area contributed by atoms with Crippen molar-refractivity contribution in [2.24, 2.45) is 0 Å².